The Kier molecular flexibility index (Phi) is 2.46. The van der Waals surface area contributed by atoms with Gasteiger partial charge in [0.1, 0.15) is 0 Å². The van der Waals surface area contributed by atoms with E-state index in [2.05, 4.69) is 0 Å². The molecule has 0 amide bonds. The Morgan fingerprint density at radius 1 is 1.50 bits per heavy atom. The number of hydrogen-bond acceptors (Lipinski definition) is 4. The molecular formula is CHF2O5S2-. The Hall–Kier alpha value is -0.120. The van der Waals surface area contributed by atoms with Crippen molar-refractivity contribution in [3.05, 3.63) is 0 Å². The van der Waals surface area contributed by atoms with Crippen molar-refractivity contribution in [3.63, 3.8) is 0 Å². The van der Waals surface area contributed by atoms with Gasteiger partial charge in [0.05, 0.1) is 0 Å². The summed E-state index contributed by atoms with van der Waals surface area (Å²) in [6, 6.07) is 0. The molecule has 0 aromatic heterocycles. The van der Waals surface area contributed by atoms with Crippen LogP contribution < -0.4 is 0 Å². The second-order valence-electron chi connectivity index (χ2n) is 1.17. The first kappa shape index (κ1) is 9.88. The molecule has 0 aliphatic rings. The molecule has 0 spiro atoms. The van der Waals surface area contributed by atoms with Crippen LogP contribution in [0.1, 0.15) is 0 Å². The smallest absolute Gasteiger partial charge is 0.432 e. The van der Waals surface area contributed by atoms with Crippen LogP contribution in [0.2, 0.25) is 0 Å². The fourth-order valence-electron chi connectivity index (χ4n) is 0.0860. The van der Waals surface area contributed by atoms with Crippen molar-refractivity contribution in [1.82, 2.24) is 0 Å². The summed E-state index contributed by atoms with van der Waals surface area (Å²) >= 11 is -4.17. The second kappa shape index (κ2) is 2.49. The van der Waals surface area contributed by atoms with Gasteiger partial charge in [-0.05, 0) is 0 Å². The summed E-state index contributed by atoms with van der Waals surface area (Å²) < 4.78 is 63.4. The summed E-state index contributed by atoms with van der Waals surface area (Å²) in [6.07, 6.45) is 0. The standard InChI is InChI=1S/CH2F2O5S2/c2-1(3,9(4)5)10(6,7)8/h(H,4,5)(H,6,7,8)/p-1. The predicted molar refractivity (Wildman–Crippen MR) is 25.4 cm³/mol. The minimum absolute atomic E-state index is 4.17. The average Bonchev–Trinajstić information content (AvgIpc) is 1.62. The number of hydrogen-bond donors (Lipinski definition) is 1. The van der Waals surface area contributed by atoms with Gasteiger partial charge in [0, 0.05) is 11.1 Å². The molecule has 0 aliphatic carbocycles. The maximum atomic E-state index is 11.6. The summed E-state index contributed by atoms with van der Waals surface area (Å²) in [6.45, 7) is 0. The van der Waals surface area contributed by atoms with Gasteiger partial charge in [-0.1, -0.05) is 0 Å². The summed E-state index contributed by atoms with van der Waals surface area (Å²) in [5.74, 6) is 0. The van der Waals surface area contributed by atoms with E-state index >= 15 is 0 Å². The Labute approximate surface area is 57.1 Å². The Morgan fingerprint density at radius 2 is 1.80 bits per heavy atom. The molecule has 1 N–H and O–H groups in total. The van der Waals surface area contributed by atoms with Crippen LogP contribution in [0, 0.1) is 0 Å². The average molecular weight is 195 g/mol. The third-order valence-electron chi connectivity index (χ3n) is 0.494. The highest BCUT2D eigenvalue weighted by molar-refractivity contribution is 8.01. The van der Waals surface area contributed by atoms with Crippen molar-refractivity contribution in [3.8, 4) is 0 Å². The van der Waals surface area contributed by atoms with Gasteiger partial charge in [-0.25, -0.2) is 0 Å². The highest BCUT2D eigenvalue weighted by atomic mass is 32.3. The van der Waals surface area contributed by atoms with Crippen molar-refractivity contribution < 1.29 is 30.5 Å². The van der Waals surface area contributed by atoms with Crippen LogP contribution in [0.25, 0.3) is 0 Å². The third-order valence-corrected chi connectivity index (χ3v) is 2.52. The van der Waals surface area contributed by atoms with Crippen LogP contribution in [-0.2, 0) is 21.2 Å². The summed E-state index contributed by atoms with van der Waals surface area (Å²) in [5, 5.41) is 0. The van der Waals surface area contributed by atoms with Crippen LogP contribution in [0.4, 0.5) is 8.78 Å². The molecule has 0 rings (SSSR count). The highest BCUT2D eigenvalue weighted by Gasteiger charge is 2.45. The lowest BCUT2D eigenvalue weighted by Crippen LogP contribution is -2.32. The number of rotatable bonds is 2. The summed E-state index contributed by atoms with van der Waals surface area (Å²) in [4.78, 5) is 0. The van der Waals surface area contributed by atoms with Crippen molar-refractivity contribution in [2.24, 2.45) is 0 Å². The molecule has 62 valence electrons. The third kappa shape index (κ3) is 1.68. The fraction of sp³-hybridized carbons (Fsp3) is 1.00. The molecule has 0 fully saturated rings. The van der Waals surface area contributed by atoms with Gasteiger partial charge < -0.3 is 4.55 Å². The lowest BCUT2D eigenvalue weighted by atomic mass is 11.6. The second-order valence-corrected chi connectivity index (χ2v) is 3.88. The molecule has 0 aromatic rings. The Balaban J connectivity index is 4.95. The van der Waals surface area contributed by atoms with Gasteiger partial charge >= 0.3 is 14.7 Å². The van der Waals surface area contributed by atoms with E-state index in [9.17, 15) is 26.0 Å². The topological polar surface area (TPSA) is 94.5 Å². The van der Waals surface area contributed by atoms with Gasteiger partial charge in [0.25, 0.3) is 0 Å². The molecule has 0 saturated carbocycles. The minimum Gasteiger partial charge on any atom is -0.767 e. The molecule has 0 aliphatic heterocycles. The van der Waals surface area contributed by atoms with Crippen LogP contribution in [-0.4, -0.2) is 26.3 Å². The molecular weight excluding hydrogens is 194 g/mol. The van der Waals surface area contributed by atoms with E-state index in [1.807, 2.05) is 0 Å². The van der Waals surface area contributed by atoms with Crippen molar-refractivity contribution in [2.75, 3.05) is 0 Å². The van der Waals surface area contributed by atoms with Gasteiger partial charge in [0.2, 0.25) is 0 Å². The molecule has 0 aromatic carbocycles. The lowest BCUT2D eigenvalue weighted by molar-refractivity contribution is 0.162. The van der Waals surface area contributed by atoms with Crippen LogP contribution in [0.3, 0.4) is 0 Å². The molecule has 0 heterocycles. The van der Waals surface area contributed by atoms with E-state index < -0.39 is 25.8 Å². The Morgan fingerprint density at radius 3 is 1.80 bits per heavy atom. The molecule has 9 heteroatoms. The Bertz CT molecular complexity index is 240. The molecule has 1 unspecified atom stereocenters. The number of alkyl halides is 2. The lowest BCUT2D eigenvalue weighted by Gasteiger charge is -2.14. The van der Waals surface area contributed by atoms with E-state index in [0.29, 0.717) is 0 Å². The van der Waals surface area contributed by atoms with E-state index in [-0.39, 0.29) is 0 Å². The molecule has 10 heavy (non-hydrogen) atoms. The van der Waals surface area contributed by atoms with Crippen LogP contribution >= 0.6 is 0 Å². The zero-order valence-corrected chi connectivity index (χ0v) is 5.79. The molecule has 1 atom stereocenters. The first-order chi connectivity index (χ1) is 4.19. The minimum atomic E-state index is -5.85. The number of halogens is 2. The van der Waals surface area contributed by atoms with Gasteiger partial charge in [0.15, 0.2) is 0 Å². The van der Waals surface area contributed by atoms with Crippen LogP contribution in [0.5, 0.6) is 0 Å². The predicted octanol–water partition coefficient (Wildman–Crippen LogP) is -0.696. The van der Waals surface area contributed by atoms with E-state index in [1.54, 1.807) is 0 Å². The normalized spacial score (nSPS) is 16.8. The largest absolute Gasteiger partial charge is 0.767 e. The first-order valence-electron chi connectivity index (χ1n) is 1.64. The zero-order chi connectivity index (χ0) is 8.58. The maximum Gasteiger partial charge on any atom is 0.432 e. The fourth-order valence-corrected chi connectivity index (χ4v) is 0.774. The monoisotopic (exact) mass is 195 g/mol. The van der Waals surface area contributed by atoms with E-state index in [1.165, 1.54) is 0 Å². The van der Waals surface area contributed by atoms with E-state index in [4.69, 9.17) is 4.55 Å². The zero-order valence-electron chi connectivity index (χ0n) is 4.15. The molecule has 5 nitrogen and oxygen atoms in total. The van der Waals surface area contributed by atoms with Crippen molar-refractivity contribution in [1.29, 1.82) is 0 Å². The van der Waals surface area contributed by atoms with Gasteiger partial charge in [-0.2, -0.15) is 17.2 Å². The van der Waals surface area contributed by atoms with Crippen molar-refractivity contribution in [2.45, 2.75) is 4.59 Å². The van der Waals surface area contributed by atoms with E-state index in [0.717, 1.165) is 0 Å². The van der Waals surface area contributed by atoms with Crippen molar-refractivity contribution >= 4 is 21.2 Å². The molecule has 0 bridgehead atoms. The molecule has 0 saturated heterocycles. The first-order valence-corrected chi connectivity index (χ1v) is 4.15. The SMILES string of the molecule is O=S([O-])C(F)(F)S(=O)(=O)O. The van der Waals surface area contributed by atoms with Gasteiger partial charge in [-0.3, -0.25) is 8.76 Å². The summed E-state index contributed by atoms with van der Waals surface area (Å²) in [5.41, 5.74) is 0. The van der Waals surface area contributed by atoms with Gasteiger partial charge in [-0.15, -0.1) is 0 Å². The maximum absolute atomic E-state index is 11.6. The summed E-state index contributed by atoms with van der Waals surface area (Å²) in [7, 11) is -5.85. The highest BCUT2D eigenvalue weighted by Crippen LogP contribution is 2.22. The quantitative estimate of drug-likeness (QED) is 0.464. The molecule has 0 radical (unpaired) electrons. The van der Waals surface area contributed by atoms with Crippen LogP contribution in [0.15, 0.2) is 0 Å².